The Hall–Kier alpha value is -1.99. The van der Waals surface area contributed by atoms with Crippen LogP contribution in [0.3, 0.4) is 0 Å². The van der Waals surface area contributed by atoms with Crippen LogP contribution in [0.15, 0.2) is 12.1 Å². The third-order valence-corrected chi connectivity index (χ3v) is 3.76. The summed E-state index contributed by atoms with van der Waals surface area (Å²) in [6.07, 6.45) is 2.00. The average Bonchev–Trinajstić information content (AvgIpc) is 3.08. The topological polar surface area (TPSA) is 79.9 Å². The van der Waals surface area contributed by atoms with Gasteiger partial charge in [0.15, 0.2) is 11.5 Å². The van der Waals surface area contributed by atoms with E-state index in [2.05, 4.69) is 10.6 Å². The lowest BCUT2D eigenvalue weighted by atomic mass is 10.1. The molecule has 7 nitrogen and oxygen atoms in total. The summed E-state index contributed by atoms with van der Waals surface area (Å²) in [5.41, 5.74) is 0.841. The Balaban J connectivity index is 0.00000288. The first-order valence-electron chi connectivity index (χ1n) is 7.60. The highest BCUT2D eigenvalue weighted by atomic mass is 35.5. The van der Waals surface area contributed by atoms with Gasteiger partial charge in [-0.3, -0.25) is 9.59 Å². The maximum atomic E-state index is 12.7. The zero-order valence-corrected chi connectivity index (χ0v) is 15.0. The smallest absolute Gasteiger partial charge is 0.256 e. The second-order valence-corrected chi connectivity index (χ2v) is 5.33. The molecular weight excluding hydrogens is 334 g/mol. The van der Waals surface area contributed by atoms with Gasteiger partial charge in [-0.2, -0.15) is 0 Å². The van der Waals surface area contributed by atoms with Crippen molar-refractivity contribution in [2.75, 3.05) is 46.2 Å². The number of benzene rings is 1. The molecule has 0 spiro atoms. The molecule has 0 aromatic heterocycles. The predicted octanol–water partition coefficient (Wildman–Crippen LogP) is 1.52. The molecule has 1 aromatic rings. The first kappa shape index (κ1) is 20.1. The first-order valence-corrected chi connectivity index (χ1v) is 7.60. The fourth-order valence-electron chi connectivity index (χ4n) is 2.60. The SMILES string of the molecule is CNCC(=O)Nc1cc(OC)c(OC)cc1C(=O)N1CCCC1.Cl. The van der Waals surface area contributed by atoms with Crippen LogP contribution in [0.4, 0.5) is 5.69 Å². The van der Waals surface area contributed by atoms with Gasteiger partial charge in [-0.25, -0.2) is 0 Å². The molecule has 0 aliphatic carbocycles. The number of hydrogen-bond acceptors (Lipinski definition) is 5. The molecular formula is C16H24ClN3O4. The number of carbonyl (C=O) groups excluding carboxylic acids is 2. The Bertz CT molecular complexity index is 589. The number of amides is 2. The van der Waals surface area contributed by atoms with E-state index in [1.54, 1.807) is 24.1 Å². The number of likely N-dealkylation sites (tertiary alicyclic amines) is 1. The highest BCUT2D eigenvalue weighted by molar-refractivity contribution is 6.05. The highest BCUT2D eigenvalue weighted by Crippen LogP contribution is 2.34. The number of carbonyl (C=O) groups is 2. The fourth-order valence-corrected chi connectivity index (χ4v) is 2.60. The minimum atomic E-state index is -0.227. The van der Waals surface area contributed by atoms with Crippen molar-refractivity contribution in [3.63, 3.8) is 0 Å². The number of methoxy groups -OCH3 is 2. The molecule has 1 fully saturated rings. The molecule has 0 radical (unpaired) electrons. The number of anilines is 1. The number of halogens is 1. The van der Waals surface area contributed by atoms with Gasteiger partial charge < -0.3 is 25.0 Å². The van der Waals surface area contributed by atoms with E-state index in [1.807, 2.05) is 0 Å². The van der Waals surface area contributed by atoms with E-state index in [0.29, 0.717) is 22.7 Å². The van der Waals surface area contributed by atoms with E-state index in [1.165, 1.54) is 14.2 Å². The van der Waals surface area contributed by atoms with Gasteiger partial charge >= 0.3 is 0 Å². The summed E-state index contributed by atoms with van der Waals surface area (Å²) < 4.78 is 10.5. The van der Waals surface area contributed by atoms with Gasteiger partial charge in [0.25, 0.3) is 5.91 Å². The number of rotatable bonds is 6. The van der Waals surface area contributed by atoms with E-state index in [-0.39, 0.29) is 30.8 Å². The second kappa shape index (κ2) is 9.34. The van der Waals surface area contributed by atoms with E-state index < -0.39 is 0 Å². The van der Waals surface area contributed by atoms with Crippen molar-refractivity contribution in [2.24, 2.45) is 0 Å². The molecule has 1 saturated heterocycles. The van der Waals surface area contributed by atoms with Crippen LogP contribution in [-0.4, -0.2) is 57.6 Å². The summed E-state index contributed by atoms with van der Waals surface area (Å²) in [6, 6.07) is 3.24. The van der Waals surface area contributed by atoms with Crippen LogP contribution < -0.4 is 20.1 Å². The highest BCUT2D eigenvalue weighted by Gasteiger charge is 2.24. The predicted molar refractivity (Wildman–Crippen MR) is 94.5 cm³/mol. The van der Waals surface area contributed by atoms with Crippen LogP contribution in [0.25, 0.3) is 0 Å². The van der Waals surface area contributed by atoms with Crippen LogP contribution in [0.1, 0.15) is 23.2 Å². The Labute approximate surface area is 148 Å². The molecule has 2 rings (SSSR count). The molecule has 1 aliphatic heterocycles. The maximum Gasteiger partial charge on any atom is 0.256 e. The largest absolute Gasteiger partial charge is 0.493 e. The van der Waals surface area contributed by atoms with Gasteiger partial charge in [-0.15, -0.1) is 12.4 Å². The summed E-state index contributed by atoms with van der Waals surface area (Å²) in [5, 5.41) is 5.54. The molecule has 2 N–H and O–H groups in total. The summed E-state index contributed by atoms with van der Waals surface area (Å²) >= 11 is 0. The van der Waals surface area contributed by atoms with Crippen LogP contribution >= 0.6 is 12.4 Å². The number of nitrogens with zero attached hydrogens (tertiary/aromatic N) is 1. The van der Waals surface area contributed by atoms with E-state index >= 15 is 0 Å². The second-order valence-electron chi connectivity index (χ2n) is 5.33. The van der Waals surface area contributed by atoms with Gasteiger partial charge in [-0.05, 0) is 26.0 Å². The lowest BCUT2D eigenvalue weighted by Gasteiger charge is -2.20. The van der Waals surface area contributed by atoms with Crippen molar-refractivity contribution < 1.29 is 19.1 Å². The van der Waals surface area contributed by atoms with Crippen LogP contribution in [0.5, 0.6) is 11.5 Å². The van der Waals surface area contributed by atoms with Crippen molar-refractivity contribution in [2.45, 2.75) is 12.8 Å². The van der Waals surface area contributed by atoms with Gasteiger partial charge in [-0.1, -0.05) is 0 Å². The summed E-state index contributed by atoms with van der Waals surface area (Å²) in [7, 11) is 4.71. The Morgan fingerprint density at radius 2 is 1.71 bits per heavy atom. The van der Waals surface area contributed by atoms with Crippen molar-refractivity contribution >= 4 is 29.9 Å². The normalized spacial score (nSPS) is 13.2. The van der Waals surface area contributed by atoms with Crippen molar-refractivity contribution in [1.29, 1.82) is 0 Å². The number of likely N-dealkylation sites (N-methyl/N-ethyl adjacent to an activating group) is 1. The third-order valence-electron chi connectivity index (χ3n) is 3.76. The van der Waals surface area contributed by atoms with Crippen LogP contribution in [0, 0.1) is 0 Å². The minimum absolute atomic E-state index is 0. The molecule has 24 heavy (non-hydrogen) atoms. The van der Waals surface area contributed by atoms with Crippen LogP contribution in [-0.2, 0) is 4.79 Å². The summed E-state index contributed by atoms with van der Waals surface area (Å²) in [5.74, 6) is 0.588. The fraction of sp³-hybridized carbons (Fsp3) is 0.500. The molecule has 8 heteroatoms. The lowest BCUT2D eigenvalue weighted by Crippen LogP contribution is -2.30. The van der Waals surface area contributed by atoms with E-state index in [4.69, 9.17) is 9.47 Å². The van der Waals surface area contributed by atoms with E-state index in [9.17, 15) is 9.59 Å². The third kappa shape index (κ3) is 4.52. The van der Waals surface area contributed by atoms with Gasteiger partial charge in [0.1, 0.15) is 0 Å². The van der Waals surface area contributed by atoms with Gasteiger partial charge in [0.2, 0.25) is 5.91 Å². The van der Waals surface area contributed by atoms with Crippen LogP contribution in [0.2, 0.25) is 0 Å². The molecule has 1 heterocycles. The first-order chi connectivity index (χ1) is 11.1. The standard InChI is InChI=1S/C16H23N3O4.ClH/c1-17-10-15(20)18-12-9-14(23-3)13(22-2)8-11(12)16(21)19-6-4-5-7-19;/h8-9,17H,4-7,10H2,1-3H3,(H,18,20);1H. The number of ether oxygens (including phenoxy) is 2. The summed E-state index contributed by atoms with van der Waals surface area (Å²) in [6.45, 7) is 1.62. The zero-order valence-electron chi connectivity index (χ0n) is 14.2. The summed E-state index contributed by atoms with van der Waals surface area (Å²) in [4.78, 5) is 26.4. The minimum Gasteiger partial charge on any atom is -0.493 e. The van der Waals surface area contributed by atoms with Gasteiger partial charge in [0.05, 0.1) is 32.0 Å². The molecule has 1 aromatic carbocycles. The Morgan fingerprint density at radius 3 is 2.25 bits per heavy atom. The molecule has 2 amide bonds. The molecule has 134 valence electrons. The van der Waals surface area contributed by atoms with Gasteiger partial charge in [0, 0.05) is 19.2 Å². The van der Waals surface area contributed by atoms with Crippen molar-refractivity contribution in [1.82, 2.24) is 10.2 Å². The molecule has 0 bridgehead atoms. The number of nitrogens with one attached hydrogen (secondary N) is 2. The molecule has 0 saturated carbocycles. The maximum absolute atomic E-state index is 12.7. The zero-order chi connectivity index (χ0) is 16.8. The average molecular weight is 358 g/mol. The Morgan fingerprint density at radius 1 is 1.12 bits per heavy atom. The molecule has 0 unspecified atom stereocenters. The Kier molecular flexibility index (Phi) is 7.81. The molecule has 0 atom stereocenters. The van der Waals surface area contributed by atoms with E-state index in [0.717, 1.165) is 25.9 Å². The lowest BCUT2D eigenvalue weighted by molar-refractivity contribution is -0.115. The number of hydrogen-bond donors (Lipinski definition) is 2. The van der Waals surface area contributed by atoms with Crippen molar-refractivity contribution in [3.8, 4) is 11.5 Å². The van der Waals surface area contributed by atoms with Crippen molar-refractivity contribution in [3.05, 3.63) is 17.7 Å². The monoisotopic (exact) mass is 357 g/mol. The molecule has 1 aliphatic rings. The quantitative estimate of drug-likeness (QED) is 0.807.